The van der Waals surface area contributed by atoms with Crippen LogP contribution < -0.4 is 5.32 Å². The summed E-state index contributed by atoms with van der Waals surface area (Å²) in [6.45, 7) is 6.50. The average Bonchev–Trinajstić information content (AvgIpc) is 2.17. The van der Waals surface area contributed by atoms with Crippen LogP contribution in [-0.4, -0.2) is 12.1 Å². The van der Waals surface area contributed by atoms with Crippen LogP contribution in [0.25, 0.3) is 0 Å². The van der Waals surface area contributed by atoms with Crippen molar-refractivity contribution in [2.24, 2.45) is 0 Å². The molecule has 0 aromatic heterocycles. The summed E-state index contributed by atoms with van der Waals surface area (Å²) in [5, 5.41) is 3.38. The van der Waals surface area contributed by atoms with Crippen LogP contribution in [0.15, 0.2) is 0 Å². The van der Waals surface area contributed by atoms with Crippen LogP contribution in [-0.2, 0) is 0 Å². The Bertz CT molecular complexity index is 157. The van der Waals surface area contributed by atoms with Crippen LogP contribution in [0.1, 0.15) is 59.3 Å². The van der Waals surface area contributed by atoms with Gasteiger partial charge < -0.3 is 5.32 Å². The van der Waals surface area contributed by atoms with E-state index in [0.29, 0.717) is 6.04 Å². The van der Waals surface area contributed by atoms with E-state index in [1.54, 1.807) is 0 Å². The van der Waals surface area contributed by atoms with Crippen molar-refractivity contribution in [3.05, 3.63) is 0 Å². The Morgan fingerprint density at radius 3 is 2.36 bits per heavy atom. The van der Waals surface area contributed by atoms with E-state index in [2.05, 4.69) is 25.1 Å². The lowest BCUT2D eigenvalue weighted by Crippen LogP contribution is -2.33. The SMILES string of the molecule is C#CC(C)NC(C)CCCCCCC. The Morgan fingerprint density at radius 2 is 1.79 bits per heavy atom. The Morgan fingerprint density at radius 1 is 1.14 bits per heavy atom. The number of nitrogens with one attached hydrogen (secondary N) is 1. The second-order valence-electron chi connectivity index (χ2n) is 4.16. The second-order valence-corrected chi connectivity index (χ2v) is 4.16. The fraction of sp³-hybridized carbons (Fsp3) is 0.846. The number of rotatable bonds is 8. The minimum Gasteiger partial charge on any atom is -0.301 e. The van der Waals surface area contributed by atoms with E-state index >= 15 is 0 Å². The van der Waals surface area contributed by atoms with Gasteiger partial charge in [0.1, 0.15) is 0 Å². The van der Waals surface area contributed by atoms with E-state index in [0.717, 1.165) is 0 Å². The van der Waals surface area contributed by atoms with Gasteiger partial charge in [-0.15, -0.1) is 6.42 Å². The van der Waals surface area contributed by atoms with Crippen molar-refractivity contribution in [3.63, 3.8) is 0 Å². The van der Waals surface area contributed by atoms with E-state index in [-0.39, 0.29) is 6.04 Å². The predicted molar refractivity (Wildman–Crippen MR) is 64.3 cm³/mol. The van der Waals surface area contributed by atoms with Gasteiger partial charge in [-0.1, -0.05) is 44.9 Å². The molecule has 1 N–H and O–H groups in total. The first-order valence-corrected chi connectivity index (χ1v) is 5.92. The first-order chi connectivity index (χ1) is 6.70. The van der Waals surface area contributed by atoms with Gasteiger partial charge in [-0.3, -0.25) is 0 Å². The third-order valence-electron chi connectivity index (χ3n) is 2.53. The Hall–Kier alpha value is -0.480. The van der Waals surface area contributed by atoms with Crippen LogP contribution >= 0.6 is 0 Å². The lowest BCUT2D eigenvalue weighted by molar-refractivity contribution is 0.466. The first-order valence-electron chi connectivity index (χ1n) is 5.92. The van der Waals surface area contributed by atoms with Crippen molar-refractivity contribution in [2.45, 2.75) is 71.4 Å². The molecule has 0 aromatic carbocycles. The minimum atomic E-state index is 0.209. The zero-order valence-electron chi connectivity index (χ0n) is 9.97. The summed E-state index contributed by atoms with van der Waals surface area (Å²) in [5.41, 5.74) is 0. The third-order valence-corrected chi connectivity index (χ3v) is 2.53. The highest BCUT2D eigenvalue weighted by Gasteiger charge is 2.03. The monoisotopic (exact) mass is 195 g/mol. The summed E-state index contributed by atoms with van der Waals surface area (Å²) in [6.07, 6.45) is 13.3. The van der Waals surface area contributed by atoms with Crippen LogP contribution in [0.2, 0.25) is 0 Å². The molecule has 0 amide bonds. The first kappa shape index (κ1) is 13.5. The highest BCUT2D eigenvalue weighted by molar-refractivity contribution is 4.96. The molecule has 0 aliphatic heterocycles. The van der Waals surface area contributed by atoms with E-state index in [4.69, 9.17) is 6.42 Å². The van der Waals surface area contributed by atoms with Crippen LogP contribution in [0.3, 0.4) is 0 Å². The quantitative estimate of drug-likeness (QED) is 0.462. The molecule has 0 bridgehead atoms. The molecule has 2 unspecified atom stereocenters. The van der Waals surface area contributed by atoms with Crippen molar-refractivity contribution in [1.29, 1.82) is 0 Å². The van der Waals surface area contributed by atoms with Crippen LogP contribution in [0.4, 0.5) is 0 Å². The van der Waals surface area contributed by atoms with Crippen LogP contribution in [0, 0.1) is 12.3 Å². The summed E-state index contributed by atoms with van der Waals surface area (Å²) in [7, 11) is 0. The molecule has 0 saturated heterocycles. The molecule has 0 radical (unpaired) electrons. The zero-order valence-corrected chi connectivity index (χ0v) is 9.97. The summed E-state index contributed by atoms with van der Waals surface area (Å²) in [6, 6.07) is 0.767. The summed E-state index contributed by atoms with van der Waals surface area (Å²) >= 11 is 0. The second kappa shape index (κ2) is 9.09. The van der Waals surface area contributed by atoms with Crippen molar-refractivity contribution >= 4 is 0 Å². The molecule has 0 aromatic rings. The lowest BCUT2D eigenvalue weighted by atomic mass is 10.1. The maximum Gasteiger partial charge on any atom is 0.0660 e. The van der Waals surface area contributed by atoms with Crippen molar-refractivity contribution in [3.8, 4) is 12.3 Å². The van der Waals surface area contributed by atoms with Crippen molar-refractivity contribution in [2.75, 3.05) is 0 Å². The Labute approximate surface area is 89.7 Å². The predicted octanol–water partition coefficient (Wildman–Crippen LogP) is 3.35. The topological polar surface area (TPSA) is 12.0 Å². The fourth-order valence-corrected chi connectivity index (χ4v) is 1.61. The molecule has 82 valence electrons. The van der Waals surface area contributed by atoms with E-state index < -0.39 is 0 Å². The van der Waals surface area contributed by atoms with Crippen LogP contribution in [0.5, 0.6) is 0 Å². The van der Waals surface area contributed by atoms with Gasteiger partial charge in [0.15, 0.2) is 0 Å². The molecule has 0 spiro atoms. The average molecular weight is 195 g/mol. The van der Waals surface area contributed by atoms with Gasteiger partial charge in [-0.05, 0) is 20.3 Å². The molecule has 0 fully saturated rings. The molecule has 2 atom stereocenters. The smallest absolute Gasteiger partial charge is 0.0660 e. The number of hydrogen-bond donors (Lipinski definition) is 1. The van der Waals surface area contributed by atoms with Gasteiger partial charge in [-0.2, -0.15) is 0 Å². The molecule has 0 rings (SSSR count). The van der Waals surface area contributed by atoms with Crippen molar-refractivity contribution in [1.82, 2.24) is 5.32 Å². The van der Waals surface area contributed by atoms with E-state index in [1.807, 2.05) is 6.92 Å². The summed E-state index contributed by atoms with van der Waals surface area (Å²) in [5.74, 6) is 2.70. The molecule has 1 heteroatoms. The standard InChI is InChI=1S/C13H25N/c1-5-7-8-9-10-11-13(4)14-12(3)6-2/h2,12-14H,5,7-11H2,1,3-4H3. The largest absolute Gasteiger partial charge is 0.301 e. The minimum absolute atomic E-state index is 0.209. The maximum absolute atomic E-state index is 5.30. The normalized spacial score (nSPS) is 14.7. The molecular formula is C13H25N. The number of hydrogen-bond acceptors (Lipinski definition) is 1. The number of terminal acetylenes is 1. The fourth-order valence-electron chi connectivity index (χ4n) is 1.61. The van der Waals surface area contributed by atoms with Crippen molar-refractivity contribution < 1.29 is 0 Å². The van der Waals surface area contributed by atoms with E-state index in [9.17, 15) is 0 Å². The lowest BCUT2D eigenvalue weighted by Gasteiger charge is -2.15. The third kappa shape index (κ3) is 8.13. The van der Waals surface area contributed by atoms with Gasteiger partial charge in [0.25, 0.3) is 0 Å². The molecule has 0 heterocycles. The van der Waals surface area contributed by atoms with Gasteiger partial charge in [0.2, 0.25) is 0 Å². The Kier molecular flexibility index (Phi) is 8.78. The molecule has 0 aliphatic rings. The Balaban J connectivity index is 3.27. The number of unbranched alkanes of at least 4 members (excludes halogenated alkanes) is 4. The molecular weight excluding hydrogens is 170 g/mol. The van der Waals surface area contributed by atoms with Gasteiger partial charge in [0, 0.05) is 6.04 Å². The highest BCUT2D eigenvalue weighted by atomic mass is 14.9. The molecule has 0 aliphatic carbocycles. The molecule has 1 nitrogen and oxygen atoms in total. The van der Waals surface area contributed by atoms with E-state index in [1.165, 1.54) is 38.5 Å². The summed E-state index contributed by atoms with van der Waals surface area (Å²) < 4.78 is 0. The zero-order chi connectivity index (χ0) is 10.8. The van der Waals surface area contributed by atoms with Gasteiger partial charge >= 0.3 is 0 Å². The highest BCUT2D eigenvalue weighted by Crippen LogP contribution is 2.07. The van der Waals surface area contributed by atoms with Gasteiger partial charge in [-0.25, -0.2) is 0 Å². The van der Waals surface area contributed by atoms with Gasteiger partial charge in [0.05, 0.1) is 6.04 Å². The molecule has 14 heavy (non-hydrogen) atoms. The summed E-state index contributed by atoms with van der Waals surface area (Å²) in [4.78, 5) is 0. The maximum atomic E-state index is 5.30. The molecule has 0 saturated carbocycles.